The molecule has 0 unspecified atom stereocenters. The van der Waals surface area contributed by atoms with Crippen LogP contribution in [-0.2, 0) is 13.1 Å². The van der Waals surface area contributed by atoms with E-state index in [2.05, 4.69) is 48.0 Å². The Balaban J connectivity index is 2.73. The molecule has 88 valence electrons. The Hall–Kier alpha value is -1.12. The topological polar surface area (TPSA) is 15.3 Å². The van der Waals surface area contributed by atoms with Crippen LogP contribution in [0.3, 0.4) is 0 Å². The molecule has 0 saturated heterocycles. The molecule has 0 aliphatic carbocycles. The Labute approximate surface area is 99.0 Å². The van der Waals surface area contributed by atoms with Crippen molar-refractivity contribution >= 4 is 0 Å². The SMILES string of the molecule is C=CCN(CC)Cc1ccccc1CNC. The normalized spacial score (nSPS) is 10.7. The first kappa shape index (κ1) is 12.9. The Bertz CT molecular complexity index is 320. The van der Waals surface area contributed by atoms with Crippen LogP contribution >= 0.6 is 0 Å². The van der Waals surface area contributed by atoms with Crippen molar-refractivity contribution in [2.75, 3.05) is 20.1 Å². The summed E-state index contributed by atoms with van der Waals surface area (Å²) in [5.74, 6) is 0. The first-order chi connectivity index (χ1) is 7.81. The van der Waals surface area contributed by atoms with Gasteiger partial charge in [-0.15, -0.1) is 6.58 Å². The van der Waals surface area contributed by atoms with Crippen molar-refractivity contribution in [2.24, 2.45) is 0 Å². The van der Waals surface area contributed by atoms with E-state index in [1.165, 1.54) is 11.1 Å². The highest BCUT2D eigenvalue weighted by molar-refractivity contribution is 5.27. The van der Waals surface area contributed by atoms with Crippen LogP contribution in [-0.4, -0.2) is 25.0 Å². The molecule has 1 N–H and O–H groups in total. The van der Waals surface area contributed by atoms with Crippen molar-refractivity contribution in [3.8, 4) is 0 Å². The van der Waals surface area contributed by atoms with Crippen molar-refractivity contribution in [2.45, 2.75) is 20.0 Å². The third kappa shape index (κ3) is 3.80. The van der Waals surface area contributed by atoms with Crippen LogP contribution in [0, 0.1) is 0 Å². The number of rotatable bonds is 7. The van der Waals surface area contributed by atoms with Crippen molar-refractivity contribution in [3.05, 3.63) is 48.0 Å². The van der Waals surface area contributed by atoms with Gasteiger partial charge in [0, 0.05) is 19.6 Å². The highest BCUT2D eigenvalue weighted by atomic mass is 15.1. The van der Waals surface area contributed by atoms with Crippen molar-refractivity contribution < 1.29 is 0 Å². The standard InChI is InChI=1S/C14H22N2/c1-4-10-16(5-2)12-14-9-7-6-8-13(14)11-15-3/h4,6-9,15H,1,5,10-12H2,2-3H3. The van der Waals surface area contributed by atoms with Gasteiger partial charge in [0.1, 0.15) is 0 Å². The van der Waals surface area contributed by atoms with Gasteiger partial charge >= 0.3 is 0 Å². The van der Waals surface area contributed by atoms with Gasteiger partial charge in [-0.2, -0.15) is 0 Å². The molecule has 0 radical (unpaired) electrons. The summed E-state index contributed by atoms with van der Waals surface area (Å²) in [5.41, 5.74) is 2.79. The summed E-state index contributed by atoms with van der Waals surface area (Å²) < 4.78 is 0. The van der Waals surface area contributed by atoms with E-state index in [9.17, 15) is 0 Å². The van der Waals surface area contributed by atoms with Crippen molar-refractivity contribution in [1.29, 1.82) is 0 Å². The number of hydrogen-bond acceptors (Lipinski definition) is 2. The summed E-state index contributed by atoms with van der Waals surface area (Å²) in [7, 11) is 1.98. The van der Waals surface area contributed by atoms with Crippen LogP contribution < -0.4 is 5.32 Å². The zero-order chi connectivity index (χ0) is 11.8. The quantitative estimate of drug-likeness (QED) is 0.707. The lowest BCUT2D eigenvalue weighted by Crippen LogP contribution is -2.23. The minimum Gasteiger partial charge on any atom is -0.316 e. The van der Waals surface area contributed by atoms with Gasteiger partial charge in [-0.3, -0.25) is 4.90 Å². The maximum absolute atomic E-state index is 3.79. The van der Waals surface area contributed by atoms with Crippen LogP contribution in [0.4, 0.5) is 0 Å². The van der Waals surface area contributed by atoms with E-state index < -0.39 is 0 Å². The van der Waals surface area contributed by atoms with E-state index in [0.29, 0.717) is 0 Å². The number of likely N-dealkylation sites (N-methyl/N-ethyl adjacent to an activating group) is 1. The Morgan fingerprint density at radius 2 is 2.00 bits per heavy atom. The lowest BCUT2D eigenvalue weighted by molar-refractivity contribution is 0.310. The molecule has 1 rings (SSSR count). The van der Waals surface area contributed by atoms with Gasteiger partial charge in [-0.25, -0.2) is 0 Å². The zero-order valence-electron chi connectivity index (χ0n) is 10.4. The average Bonchev–Trinajstić information content (AvgIpc) is 2.31. The van der Waals surface area contributed by atoms with Gasteiger partial charge in [0.15, 0.2) is 0 Å². The Morgan fingerprint density at radius 3 is 2.56 bits per heavy atom. The molecule has 0 saturated carbocycles. The van der Waals surface area contributed by atoms with Crippen molar-refractivity contribution in [3.63, 3.8) is 0 Å². The predicted molar refractivity (Wildman–Crippen MR) is 70.4 cm³/mol. The molecule has 0 heterocycles. The molecule has 0 bridgehead atoms. The average molecular weight is 218 g/mol. The van der Waals surface area contributed by atoms with Gasteiger partial charge in [0.2, 0.25) is 0 Å². The van der Waals surface area contributed by atoms with Crippen molar-refractivity contribution in [1.82, 2.24) is 10.2 Å². The third-order valence-electron chi connectivity index (χ3n) is 2.71. The molecule has 2 heteroatoms. The molecule has 1 aromatic carbocycles. The summed E-state index contributed by atoms with van der Waals surface area (Å²) >= 11 is 0. The molecule has 0 aliphatic rings. The lowest BCUT2D eigenvalue weighted by atomic mass is 10.1. The van der Waals surface area contributed by atoms with Crippen LogP contribution in [0.2, 0.25) is 0 Å². The van der Waals surface area contributed by atoms with Crippen LogP contribution in [0.5, 0.6) is 0 Å². The predicted octanol–water partition coefficient (Wildman–Crippen LogP) is 2.41. The minimum atomic E-state index is 0.932. The molecule has 0 fully saturated rings. The number of nitrogens with one attached hydrogen (secondary N) is 1. The summed E-state index contributed by atoms with van der Waals surface area (Å²) in [5, 5.41) is 3.21. The second-order valence-corrected chi connectivity index (χ2v) is 3.92. The van der Waals surface area contributed by atoms with E-state index in [1.807, 2.05) is 13.1 Å². The van der Waals surface area contributed by atoms with Gasteiger partial charge in [-0.1, -0.05) is 37.3 Å². The Kier molecular flexibility index (Phi) is 5.83. The number of hydrogen-bond donors (Lipinski definition) is 1. The lowest BCUT2D eigenvalue weighted by Gasteiger charge is -2.20. The molecule has 16 heavy (non-hydrogen) atoms. The highest BCUT2D eigenvalue weighted by Crippen LogP contribution is 2.11. The van der Waals surface area contributed by atoms with Crippen LogP contribution in [0.25, 0.3) is 0 Å². The van der Waals surface area contributed by atoms with Gasteiger partial charge in [0.05, 0.1) is 0 Å². The molecule has 0 amide bonds. The van der Waals surface area contributed by atoms with E-state index in [-0.39, 0.29) is 0 Å². The maximum Gasteiger partial charge on any atom is 0.0240 e. The van der Waals surface area contributed by atoms with Gasteiger partial charge < -0.3 is 5.32 Å². The second kappa shape index (κ2) is 7.20. The van der Waals surface area contributed by atoms with Crippen LogP contribution in [0.1, 0.15) is 18.1 Å². The molecule has 0 aromatic heterocycles. The number of benzene rings is 1. The van der Waals surface area contributed by atoms with Gasteiger partial charge in [0.25, 0.3) is 0 Å². The van der Waals surface area contributed by atoms with Gasteiger partial charge in [-0.05, 0) is 24.7 Å². The first-order valence-electron chi connectivity index (χ1n) is 5.86. The smallest absolute Gasteiger partial charge is 0.0240 e. The highest BCUT2D eigenvalue weighted by Gasteiger charge is 2.05. The monoisotopic (exact) mass is 218 g/mol. The summed E-state index contributed by atoms with van der Waals surface area (Å²) in [4.78, 5) is 2.38. The summed E-state index contributed by atoms with van der Waals surface area (Å²) in [6.07, 6.45) is 1.96. The Morgan fingerprint density at radius 1 is 1.31 bits per heavy atom. The fraction of sp³-hybridized carbons (Fsp3) is 0.429. The summed E-state index contributed by atoms with van der Waals surface area (Å²) in [6, 6.07) is 8.60. The van der Waals surface area contributed by atoms with E-state index in [4.69, 9.17) is 0 Å². The van der Waals surface area contributed by atoms with E-state index in [0.717, 1.165) is 26.2 Å². The zero-order valence-corrected chi connectivity index (χ0v) is 10.4. The second-order valence-electron chi connectivity index (χ2n) is 3.92. The van der Waals surface area contributed by atoms with Crippen LogP contribution in [0.15, 0.2) is 36.9 Å². The fourth-order valence-corrected chi connectivity index (χ4v) is 1.80. The molecular weight excluding hydrogens is 196 g/mol. The molecular formula is C14H22N2. The van der Waals surface area contributed by atoms with E-state index >= 15 is 0 Å². The van der Waals surface area contributed by atoms with E-state index in [1.54, 1.807) is 0 Å². The minimum absolute atomic E-state index is 0.932. The third-order valence-corrected chi connectivity index (χ3v) is 2.71. The molecule has 0 aliphatic heterocycles. The first-order valence-corrected chi connectivity index (χ1v) is 5.86. The molecule has 1 aromatic rings. The summed E-state index contributed by atoms with van der Waals surface area (Å²) in [6.45, 7) is 9.92. The molecule has 0 spiro atoms. The molecule has 0 atom stereocenters. The number of nitrogens with zero attached hydrogens (tertiary/aromatic N) is 1. The maximum atomic E-state index is 3.79. The largest absolute Gasteiger partial charge is 0.316 e. The molecule has 2 nitrogen and oxygen atoms in total. The fourth-order valence-electron chi connectivity index (χ4n) is 1.80.